The molecule has 1 amide bonds. The maximum atomic E-state index is 13.7. The van der Waals surface area contributed by atoms with Crippen molar-refractivity contribution >= 4 is 44.7 Å². The maximum Gasteiger partial charge on any atom is 0.348 e. The zero-order valence-electron chi connectivity index (χ0n) is 15.1. The highest BCUT2D eigenvalue weighted by Crippen LogP contribution is 2.28. The Labute approximate surface area is 165 Å². The summed E-state index contributed by atoms with van der Waals surface area (Å²) in [6.45, 7) is 1.72. The van der Waals surface area contributed by atoms with Crippen molar-refractivity contribution in [1.29, 1.82) is 0 Å². The average Bonchev–Trinajstić information content (AvgIpc) is 3.37. The molecule has 0 bridgehead atoms. The Morgan fingerprint density at radius 1 is 1.11 bits per heavy atom. The third-order valence-corrected chi connectivity index (χ3v) is 5.75. The molecular weight excluding hydrogens is 379 g/mol. The summed E-state index contributed by atoms with van der Waals surface area (Å²) in [5.41, 5.74) is 1.78. The summed E-state index contributed by atoms with van der Waals surface area (Å²) in [5.74, 6) is -1.45. The summed E-state index contributed by atoms with van der Waals surface area (Å²) in [6, 6.07) is 13.7. The van der Waals surface area contributed by atoms with Gasteiger partial charge in [0.1, 0.15) is 10.7 Å². The zero-order chi connectivity index (χ0) is 19.5. The Balaban J connectivity index is 1.32. The summed E-state index contributed by atoms with van der Waals surface area (Å²) in [7, 11) is 0. The van der Waals surface area contributed by atoms with E-state index < -0.39 is 18.5 Å². The Bertz CT molecular complexity index is 1010. The predicted molar refractivity (Wildman–Crippen MR) is 109 cm³/mol. The monoisotopic (exact) mass is 398 g/mol. The molecule has 0 spiro atoms. The summed E-state index contributed by atoms with van der Waals surface area (Å²) >= 11 is 1.14. The van der Waals surface area contributed by atoms with Crippen LogP contribution in [-0.4, -0.2) is 31.6 Å². The quantitative estimate of drug-likeness (QED) is 0.646. The number of anilines is 2. The molecule has 1 fully saturated rings. The van der Waals surface area contributed by atoms with Crippen LogP contribution in [0.25, 0.3) is 10.1 Å². The van der Waals surface area contributed by atoms with Crippen LogP contribution in [0.4, 0.5) is 15.8 Å². The van der Waals surface area contributed by atoms with Crippen molar-refractivity contribution in [2.75, 3.05) is 29.9 Å². The van der Waals surface area contributed by atoms with E-state index in [1.54, 1.807) is 12.1 Å². The van der Waals surface area contributed by atoms with E-state index >= 15 is 0 Å². The Hall–Kier alpha value is -2.93. The first-order valence-corrected chi connectivity index (χ1v) is 9.92. The van der Waals surface area contributed by atoms with Gasteiger partial charge in [0.05, 0.1) is 0 Å². The smallest absolute Gasteiger partial charge is 0.348 e. The second-order valence-corrected chi connectivity index (χ2v) is 7.71. The molecule has 5 nitrogen and oxygen atoms in total. The third kappa shape index (κ3) is 3.99. The average molecular weight is 398 g/mol. The lowest BCUT2D eigenvalue weighted by molar-refractivity contribution is -0.119. The summed E-state index contributed by atoms with van der Waals surface area (Å²) in [4.78, 5) is 26.8. The highest BCUT2D eigenvalue weighted by atomic mass is 32.1. The van der Waals surface area contributed by atoms with Crippen molar-refractivity contribution in [1.82, 2.24) is 0 Å². The second kappa shape index (κ2) is 7.98. The van der Waals surface area contributed by atoms with E-state index in [4.69, 9.17) is 4.74 Å². The highest BCUT2D eigenvalue weighted by Gasteiger charge is 2.16. The van der Waals surface area contributed by atoms with E-state index in [2.05, 4.69) is 10.2 Å². The van der Waals surface area contributed by atoms with Gasteiger partial charge >= 0.3 is 5.97 Å². The number of fused-ring (bicyclic) bond motifs is 1. The van der Waals surface area contributed by atoms with Gasteiger partial charge in [-0.1, -0.05) is 6.07 Å². The fourth-order valence-corrected chi connectivity index (χ4v) is 4.23. The van der Waals surface area contributed by atoms with Crippen molar-refractivity contribution < 1.29 is 18.7 Å². The number of benzene rings is 2. The largest absolute Gasteiger partial charge is 0.451 e. The molecular formula is C21H19FN2O3S. The zero-order valence-corrected chi connectivity index (χ0v) is 15.9. The van der Waals surface area contributed by atoms with Crippen molar-refractivity contribution in [2.24, 2.45) is 0 Å². The van der Waals surface area contributed by atoms with Crippen LogP contribution in [0.15, 0.2) is 48.5 Å². The topological polar surface area (TPSA) is 58.6 Å². The number of rotatable bonds is 5. The van der Waals surface area contributed by atoms with Gasteiger partial charge in [-0.05, 0) is 55.3 Å². The van der Waals surface area contributed by atoms with Crippen LogP contribution >= 0.6 is 11.3 Å². The molecule has 1 aromatic heterocycles. The number of hydrogen-bond acceptors (Lipinski definition) is 5. The number of ether oxygens (including phenoxy) is 1. The maximum absolute atomic E-state index is 13.7. The number of nitrogens with one attached hydrogen (secondary N) is 1. The predicted octanol–water partition coefficient (Wildman–Crippen LogP) is 4.44. The molecule has 144 valence electrons. The normalized spacial score (nSPS) is 13.7. The molecule has 0 radical (unpaired) electrons. The van der Waals surface area contributed by atoms with Crippen LogP contribution < -0.4 is 10.2 Å². The van der Waals surface area contributed by atoms with Crippen LogP contribution in [0.5, 0.6) is 0 Å². The van der Waals surface area contributed by atoms with Gasteiger partial charge in [-0.25, -0.2) is 9.18 Å². The number of nitrogens with zero attached hydrogens (tertiary/aromatic N) is 1. The minimum Gasteiger partial charge on any atom is -0.451 e. The molecule has 7 heteroatoms. The van der Waals surface area contributed by atoms with Crippen LogP contribution in [0.1, 0.15) is 22.5 Å². The highest BCUT2D eigenvalue weighted by molar-refractivity contribution is 7.20. The number of esters is 1. The molecule has 4 rings (SSSR count). The van der Waals surface area contributed by atoms with E-state index in [1.807, 2.05) is 24.3 Å². The lowest BCUT2D eigenvalue weighted by Gasteiger charge is -2.17. The van der Waals surface area contributed by atoms with Gasteiger partial charge in [-0.15, -0.1) is 11.3 Å². The molecule has 28 heavy (non-hydrogen) atoms. The number of thiophene rings is 1. The van der Waals surface area contributed by atoms with Crippen LogP contribution in [0, 0.1) is 5.82 Å². The van der Waals surface area contributed by atoms with Crippen LogP contribution in [0.3, 0.4) is 0 Å². The minimum absolute atomic E-state index is 0.267. The van der Waals surface area contributed by atoms with E-state index in [0.29, 0.717) is 15.8 Å². The fourth-order valence-electron chi connectivity index (χ4n) is 3.26. The lowest BCUT2D eigenvalue weighted by atomic mass is 10.2. The minimum atomic E-state index is -0.639. The van der Waals surface area contributed by atoms with Crippen LogP contribution in [0.2, 0.25) is 0 Å². The molecule has 2 heterocycles. The lowest BCUT2D eigenvalue weighted by Crippen LogP contribution is -2.21. The Morgan fingerprint density at radius 3 is 2.57 bits per heavy atom. The first-order valence-electron chi connectivity index (χ1n) is 9.10. The van der Waals surface area contributed by atoms with E-state index in [-0.39, 0.29) is 10.7 Å². The van der Waals surface area contributed by atoms with Gasteiger partial charge in [0, 0.05) is 34.6 Å². The molecule has 0 unspecified atom stereocenters. The van der Waals surface area contributed by atoms with Gasteiger partial charge < -0.3 is 15.0 Å². The standard InChI is InChI=1S/C21H19FN2O3S/c22-17-4-3-5-18-16(17)12-19(28-18)21(26)27-13-20(25)23-14-6-8-15(9-7-14)24-10-1-2-11-24/h3-9,12H,1-2,10-11,13H2,(H,23,25). The van der Waals surface area contributed by atoms with Gasteiger partial charge in [0.2, 0.25) is 0 Å². The van der Waals surface area contributed by atoms with E-state index in [0.717, 1.165) is 30.1 Å². The number of amides is 1. The molecule has 0 aliphatic carbocycles. The summed E-state index contributed by atoms with van der Waals surface area (Å²) in [5, 5.41) is 3.09. The van der Waals surface area contributed by atoms with Crippen LogP contribution in [-0.2, 0) is 9.53 Å². The first-order chi connectivity index (χ1) is 13.6. The summed E-state index contributed by atoms with van der Waals surface area (Å²) < 4.78 is 19.5. The third-order valence-electron chi connectivity index (χ3n) is 4.67. The van der Waals surface area contributed by atoms with Crippen molar-refractivity contribution in [3.8, 4) is 0 Å². The van der Waals surface area contributed by atoms with Gasteiger partial charge in [-0.3, -0.25) is 4.79 Å². The molecule has 1 saturated heterocycles. The van der Waals surface area contributed by atoms with E-state index in [9.17, 15) is 14.0 Å². The second-order valence-electron chi connectivity index (χ2n) is 6.63. The van der Waals surface area contributed by atoms with Crippen molar-refractivity contribution in [3.05, 3.63) is 59.2 Å². The molecule has 2 aromatic carbocycles. The summed E-state index contributed by atoms with van der Waals surface area (Å²) in [6.07, 6.45) is 2.41. The molecule has 3 aromatic rings. The van der Waals surface area contributed by atoms with Gasteiger partial charge in [-0.2, -0.15) is 0 Å². The van der Waals surface area contributed by atoms with Gasteiger partial charge in [0.15, 0.2) is 6.61 Å². The Kier molecular flexibility index (Phi) is 5.25. The number of carbonyl (C=O) groups excluding carboxylic acids is 2. The molecule has 0 atom stereocenters. The SMILES string of the molecule is O=C(COC(=O)c1cc2c(F)cccc2s1)Nc1ccc(N2CCCC2)cc1. The van der Waals surface area contributed by atoms with E-state index in [1.165, 1.54) is 25.0 Å². The van der Waals surface area contributed by atoms with Crippen molar-refractivity contribution in [3.63, 3.8) is 0 Å². The Morgan fingerprint density at radius 2 is 1.86 bits per heavy atom. The number of halogens is 1. The molecule has 1 N–H and O–H groups in total. The van der Waals surface area contributed by atoms with Gasteiger partial charge in [0.25, 0.3) is 5.91 Å². The van der Waals surface area contributed by atoms with Crippen molar-refractivity contribution in [2.45, 2.75) is 12.8 Å². The molecule has 1 aliphatic rings. The molecule has 0 saturated carbocycles. The number of hydrogen-bond donors (Lipinski definition) is 1. The first kappa shape index (κ1) is 18.4. The number of carbonyl (C=O) groups is 2. The fraction of sp³-hybridized carbons (Fsp3) is 0.238. The molecule has 1 aliphatic heterocycles.